The van der Waals surface area contributed by atoms with Crippen molar-refractivity contribution in [3.63, 3.8) is 0 Å². The maximum atomic E-state index is 12.1. The zero-order valence-electron chi connectivity index (χ0n) is 19.8. The zero-order chi connectivity index (χ0) is 25.0. The monoisotopic (exact) mass is 460 g/mol. The van der Waals surface area contributed by atoms with Crippen LogP contribution < -0.4 is 11.5 Å². The molecule has 6 N–H and O–H groups in total. The van der Waals surface area contributed by atoms with Crippen molar-refractivity contribution in [1.29, 1.82) is 0 Å². The molecule has 0 aliphatic rings. The summed E-state index contributed by atoms with van der Waals surface area (Å²) < 4.78 is 0. The number of aryl methyl sites for hydroxylation is 1. The van der Waals surface area contributed by atoms with Gasteiger partial charge >= 0.3 is 11.9 Å². The van der Waals surface area contributed by atoms with E-state index in [9.17, 15) is 19.8 Å². The van der Waals surface area contributed by atoms with Gasteiger partial charge in [0.15, 0.2) is 0 Å². The second-order valence-corrected chi connectivity index (χ2v) is 9.33. The second kappa shape index (κ2) is 10.2. The van der Waals surface area contributed by atoms with Crippen LogP contribution in [0.25, 0.3) is 0 Å². The van der Waals surface area contributed by atoms with Gasteiger partial charge in [0, 0.05) is 11.5 Å². The number of carbonyl (C=O) groups is 2. The molecule has 6 heteroatoms. The third-order valence-electron chi connectivity index (χ3n) is 6.12. The smallest absolute Gasteiger partial charge is 0.336 e. The summed E-state index contributed by atoms with van der Waals surface area (Å²) in [7, 11) is 0. The topological polar surface area (TPSA) is 127 Å². The largest absolute Gasteiger partial charge is 0.478 e. The lowest BCUT2D eigenvalue weighted by atomic mass is 9.77. The summed E-state index contributed by atoms with van der Waals surface area (Å²) in [6.07, 6.45) is 1.05. The third kappa shape index (κ3) is 5.53. The molecular formula is C28H32N2O4. The maximum absolute atomic E-state index is 12.1. The van der Waals surface area contributed by atoms with E-state index in [2.05, 4.69) is 26.0 Å². The van der Waals surface area contributed by atoms with Crippen molar-refractivity contribution in [2.45, 2.75) is 45.2 Å². The summed E-state index contributed by atoms with van der Waals surface area (Å²) in [6.45, 7) is 6.31. The second-order valence-electron chi connectivity index (χ2n) is 9.33. The minimum Gasteiger partial charge on any atom is -0.478 e. The van der Waals surface area contributed by atoms with Gasteiger partial charge in [-0.05, 0) is 60.1 Å². The van der Waals surface area contributed by atoms with Crippen molar-refractivity contribution in [3.05, 3.63) is 106 Å². The van der Waals surface area contributed by atoms with Gasteiger partial charge in [-0.15, -0.1) is 0 Å². The standard InChI is InChI=1S/C28H32N2O4/c1-17(2)14-19-12-13-20(18(3)15-19)24(21-8-4-5-9-22(21)26(31)32)16-28(29,30)25-11-7-6-10-23(25)27(33)34/h4-13,15,17,24H,14,16,29-30H2,1-3H3,(H,31,32)(H,33,34). The third-order valence-corrected chi connectivity index (χ3v) is 6.12. The molecule has 0 aliphatic carbocycles. The first-order valence-corrected chi connectivity index (χ1v) is 11.3. The minimum absolute atomic E-state index is 0.0294. The summed E-state index contributed by atoms with van der Waals surface area (Å²) in [6, 6.07) is 19.4. The lowest BCUT2D eigenvalue weighted by Gasteiger charge is -2.33. The van der Waals surface area contributed by atoms with Crippen molar-refractivity contribution in [2.24, 2.45) is 17.4 Å². The van der Waals surface area contributed by atoms with Crippen LogP contribution in [-0.2, 0) is 12.1 Å². The molecule has 1 atom stereocenters. The van der Waals surface area contributed by atoms with E-state index in [0.29, 0.717) is 17.0 Å². The predicted octanol–water partition coefficient (Wildman–Crippen LogP) is 4.88. The van der Waals surface area contributed by atoms with Gasteiger partial charge in [0.25, 0.3) is 0 Å². The van der Waals surface area contributed by atoms with E-state index >= 15 is 0 Å². The molecule has 0 heterocycles. The summed E-state index contributed by atoms with van der Waals surface area (Å²) in [5.74, 6) is -2.12. The highest BCUT2D eigenvalue weighted by Gasteiger charge is 2.33. The van der Waals surface area contributed by atoms with E-state index in [-0.39, 0.29) is 17.5 Å². The van der Waals surface area contributed by atoms with E-state index in [4.69, 9.17) is 11.5 Å². The van der Waals surface area contributed by atoms with Gasteiger partial charge in [-0.1, -0.05) is 68.4 Å². The fourth-order valence-electron chi connectivity index (χ4n) is 4.63. The maximum Gasteiger partial charge on any atom is 0.336 e. The van der Waals surface area contributed by atoms with Crippen molar-refractivity contribution >= 4 is 11.9 Å². The molecule has 34 heavy (non-hydrogen) atoms. The van der Waals surface area contributed by atoms with Crippen LogP contribution >= 0.6 is 0 Å². The number of hydrogen-bond acceptors (Lipinski definition) is 4. The van der Waals surface area contributed by atoms with Crippen molar-refractivity contribution < 1.29 is 19.8 Å². The van der Waals surface area contributed by atoms with Crippen LogP contribution in [0, 0.1) is 12.8 Å². The molecule has 0 saturated heterocycles. The molecule has 0 radical (unpaired) electrons. The number of rotatable bonds is 9. The molecule has 0 aliphatic heterocycles. The Morgan fingerprint density at radius 2 is 1.44 bits per heavy atom. The van der Waals surface area contributed by atoms with Crippen LogP contribution in [0.5, 0.6) is 0 Å². The number of benzene rings is 3. The van der Waals surface area contributed by atoms with Crippen LogP contribution in [0.2, 0.25) is 0 Å². The molecule has 0 amide bonds. The van der Waals surface area contributed by atoms with Gasteiger partial charge in [0.1, 0.15) is 0 Å². The Hall–Kier alpha value is -3.48. The van der Waals surface area contributed by atoms with Crippen LogP contribution in [0.1, 0.15) is 74.7 Å². The number of aromatic carboxylic acids is 2. The van der Waals surface area contributed by atoms with Gasteiger partial charge in [-0.25, -0.2) is 9.59 Å². The normalized spacial score (nSPS) is 12.5. The highest BCUT2D eigenvalue weighted by atomic mass is 16.4. The SMILES string of the molecule is Cc1cc(CC(C)C)ccc1C(CC(N)(N)c1ccccc1C(=O)O)c1ccccc1C(=O)O. The fraction of sp³-hybridized carbons (Fsp3) is 0.286. The van der Waals surface area contributed by atoms with E-state index in [1.165, 1.54) is 11.6 Å². The Morgan fingerprint density at radius 3 is 2.03 bits per heavy atom. The number of nitrogens with two attached hydrogens (primary N) is 2. The number of carboxylic acid groups (broad SMARTS) is 2. The van der Waals surface area contributed by atoms with Gasteiger partial charge in [-0.2, -0.15) is 0 Å². The summed E-state index contributed by atoms with van der Waals surface area (Å²) >= 11 is 0. The molecule has 3 rings (SSSR count). The summed E-state index contributed by atoms with van der Waals surface area (Å²) in [4.78, 5) is 23.9. The predicted molar refractivity (Wildman–Crippen MR) is 133 cm³/mol. The average molecular weight is 461 g/mol. The van der Waals surface area contributed by atoms with Crippen LogP contribution in [-0.4, -0.2) is 22.2 Å². The van der Waals surface area contributed by atoms with E-state index in [0.717, 1.165) is 17.5 Å². The molecular weight excluding hydrogens is 428 g/mol. The van der Waals surface area contributed by atoms with E-state index in [1.807, 2.05) is 13.0 Å². The Labute approximate surface area is 200 Å². The number of hydrogen-bond donors (Lipinski definition) is 4. The molecule has 0 aromatic heterocycles. The van der Waals surface area contributed by atoms with E-state index < -0.39 is 23.5 Å². The van der Waals surface area contributed by atoms with Gasteiger partial charge in [0.05, 0.1) is 16.8 Å². The number of carboxylic acids is 2. The lowest BCUT2D eigenvalue weighted by molar-refractivity contribution is 0.0684. The molecule has 0 saturated carbocycles. The Bertz CT molecular complexity index is 1200. The fourth-order valence-corrected chi connectivity index (χ4v) is 4.63. The quantitative estimate of drug-likeness (QED) is 0.337. The van der Waals surface area contributed by atoms with E-state index in [1.54, 1.807) is 42.5 Å². The van der Waals surface area contributed by atoms with Crippen LogP contribution in [0.3, 0.4) is 0 Å². The first-order chi connectivity index (χ1) is 16.0. The zero-order valence-corrected chi connectivity index (χ0v) is 19.8. The Morgan fingerprint density at radius 1 is 0.853 bits per heavy atom. The Balaban J connectivity index is 2.16. The molecule has 0 fully saturated rings. The van der Waals surface area contributed by atoms with Gasteiger partial charge < -0.3 is 21.7 Å². The first kappa shape index (κ1) is 25.1. The van der Waals surface area contributed by atoms with Crippen molar-refractivity contribution in [2.75, 3.05) is 0 Å². The van der Waals surface area contributed by atoms with Crippen molar-refractivity contribution in [1.82, 2.24) is 0 Å². The highest BCUT2D eigenvalue weighted by Crippen LogP contribution is 2.38. The van der Waals surface area contributed by atoms with Crippen LogP contribution in [0.15, 0.2) is 66.7 Å². The summed E-state index contributed by atoms with van der Waals surface area (Å²) in [5, 5.41) is 19.5. The molecule has 0 spiro atoms. The van der Waals surface area contributed by atoms with Crippen molar-refractivity contribution in [3.8, 4) is 0 Å². The first-order valence-electron chi connectivity index (χ1n) is 11.3. The van der Waals surface area contributed by atoms with Gasteiger partial charge in [0.2, 0.25) is 0 Å². The molecule has 178 valence electrons. The summed E-state index contributed by atoms with van der Waals surface area (Å²) in [5.41, 5.74) is 15.9. The molecule has 0 bridgehead atoms. The average Bonchev–Trinajstić information content (AvgIpc) is 2.77. The lowest BCUT2D eigenvalue weighted by Crippen LogP contribution is -2.48. The molecule has 1 unspecified atom stereocenters. The van der Waals surface area contributed by atoms with Gasteiger partial charge in [-0.3, -0.25) is 0 Å². The molecule has 3 aromatic carbocycles. The van der Waals surface area contributed by atoms with Crippen LogP contribution in [0.4, 0.5) is 0 Å². The molecule has 3 aromatic rings. The minimum atomic E-state index is -1.52. The molecule has 6 nitrogen and oxygen atoms in total. The highest BCUT2D eigenvalue weighted by molar-refractivity contribution is 5.90. The Kier molecular flexibility index (Phi) is 7.54.